The minimum atomic E-state index is -0.337. The lowest BCUT2D eigenvalue weighted by Crippen LogP contribution is -2.51. The van der Waals surface area contributed by atoms with Crippen molar-refractivity contribution in [3.05, 3.63) is 30.1 Å². The van der Waals surface area contributed by atoms with Gasteiger partial charge in [0, 0.05) is 51.5 Å². The molecule has 5 heteroatoms. The van der Waals surface area contributed by atoms with Gasteiger partial charge < -0.3 is 10.0 Å². The lowest BCUT2D eigenvalue weighted by molar-refractivity contribution is -0.133. The summed E-state index contributed by atoms with van der Waals surface area (Å²) in [4.78, 5) is 20.5. The first-order chi connectivity index (χ1) is 10.9. The maximum Gasteiger partial charge on any atom is 0.222 e. The highest BCUT2D eigenvalue weighted by atomic mass is 16.3. The van der Waals surface area contributed by atoms with Crippen LogP contribution in [-0.4, -0.2) is 64.6 Å². The number of aromatic nitrogens is 1. The summed E-state index contributed by atoms with van der Waals surface area (Å²) in [5.41, 5.74) is 1.05. The average Bonchev–Trinajstić information content (AvgIpc) is 2.53. The lowest BCUT2D eigenvalue weighted by Gasteiger charge is -2.38. The van der Waals surface area contributed by atoms with E-state index < -0.39 is 0 Å². The molecule has 5 nitrogen and oxygen atoms in total. The van der Waals surface area contributed by atoms with Gasteiger partial charge in [-0.3, -0.25) is 14.7 Å². The summed E-state index contributed by atoms with van der Waals surface area (Å²) in [7, 11) is 0. The van der Waals surface area contributed by atoms with E-state index in [1.165, 1.54) is 0 Å². The molecule has 0 aliphatic carbocycles. The van der Waals surface area contributed by atoms with Crippen LogP contribution in [0.4, 0.5) is 0 Å². The van der Waals surface area contributed by atoms with Crippen molar-refractivity contribution in [2.24, 2.45) is 5.41 Å². The second kappa shape index (κ2) is 7.88. The van der Waals surface area contributed by atoms with Gasteiger partial charge in [0.25, 0.3) is 0 Å². The number of aliphatic hydroxyl groups excluding tert-OH is 1. The van der Waals surface area contributed by atoms with Crippen molar-refractivity contribution in [1.29, 1.82) is 0 Å². The number of β-amino-alcohol motifs (C(OH)–C–C–N with tert-alkyl or cyclic N) is 1. The first-order valence-corrected chi connectivity index (χ1v) is 8.43. The molecule has 2 rings (SSSR count). The monoisotopic (exact) mass is 319 g/mol. The zero-order valence-electron chi connectivity index (χ0n) is 14.5. The summed E-state index contributed by atoms with van der Waals surface area (Å²) in [6.07, 6.45) is 4.51. The highest BCUT2D eigenvalue weighted by molar-refractivity contribution is 5.76. The lowest BCUT2D eigenvalue weighted by atomic mass is 9.89. The smallest absolute Gasteiger partial charge is 0.222 e. The standard InChI is InChI=1S/C18H29N3O2/c1-18(2,3)16(22)14-20-10-12-21(13-11-20)17(23)5-4-15-6-8-19-9-7-15/h6-9,16,22H,4-5,10-14H2,1-3H3/t16-/m1/s1. The van der Waals surface area contributed by atoms with E-state index >= 15 is 0 Å². The molecule has 128 valence electrons. The summed E-state index contributed by atoms with van der Waals surface area (Å²) in [5, 5.41) is 10.2. The molecular formula is C18H29N3O2. The predicted molar refractivity (Wildman–Crippen MR) is 91.0 cm³/mol. The van der Waals surface area contributed by atoms with Gasteiger partial charge in [0.15, 0.2) is 0 Å². The molecule has 1 aliphatic rings. The fraction of sp³-hybridized carbons (Fsp3) is 0.667. The fourth-order valence-corrected chi connectivity index (χ4v) is 2.66. The van der Waals surface area contributed by atoms with Crippen LogP contribution in [0.15, 0.2) is 24.5 Å². The third-order valence-electron chi connectivity index (χ3n) is 4.53. The van der Waals surface area contributed by atoms with E-state index in [4.69, 9.17) is 0 Å². The Kier molecular flexibility index (Phi) is 6.13. The zero-order chi connectivity index (χ0) is 16.9. The number of hydrogen-bond acceptors (Lipinski definition) is 4. The van der Waals surface area contributed by atoms with Crippen LogP contribution in [-0.2, 0) is 11.2 Å². The number of pyridine rings is 1. The van der Waals surface area contributed by atoms with E-state index in [1.807, 2.05) is 17.0 Å². The van der Waals surface area contributed by atoms with E-state index in [2.05, 4.69) is 30.7 Å². The fourth-order valence-electron chi connectivity index (χ4n) is 2.66. The molecule has 0 spiro atoms. The molecule has 1 atom stereocenters. The van der Waals surface area contributed by atoms with Gasteiger partial charge in [-0.25, -0.2) is 0 Å². The molecule has 1 saturated heterocycles. The Labute approximate surface area is 139 Å². The van der Waals surface area contributed by atoms with Crippen molar-refractivity contribution in [3.8, 4) is 0 Å². The summed E-state index contributed by atoms with van der Waals surface area (Å²) < 4.78 is 0. The van der Waals surface area contributed by atoms with Gasteiger partial charge in [0.05, 0.1) is 6.10 Å². The summed E-state index contributed by atoms with van der Waals surface area (Å²) in [6, 6.07) is 3.91. The topological polar surface area (TPSA) is 56.7 Å². The first-order valence-electron chi connectivity index (χ1n) is 8.43. The molecule has 0 unspecified atom stereocenters. The van der Waals surface area contributed by atoms with Crippen LogP contribution < -0.4 is 0 Å². The normalized spacial score (nSPS) is 18.0. The van der Waals surface area contributed by atoms with Crippen molar-refractivity contribution >= 4 is 5.91 Å². The van der Waals surface area contributed by atoms with Crippen molar-refractivity contribution < 1.29 is 9.90 Å². The number of aryl methyl sites for hydroxylation is 1. The number of rotatable bonds is 5. The number of hydrogen-bond donors (Lipinski definition) is 1. The number of aliphatic hydroxyl groups is 1. The third-order valence-corrected chi connectivity index (χ3v) is 4.53. The minimum absolute atomic E-state index is 0.0997. The van der Waals surface area contributed by atoms with Crippen molar-refractivity contribution in [3.63, 3.8) is 0 Å². The van der Waals surface area contributed by atoms with Gasteiger partial charge >= 0.3 is 0 Å². The molecular weight excluding hydrogens is 290 g/mol. The zero-order valence-corrected chi connectivity index (χ0v) is 14.5. The highest BCUT2D eigenvalue weighted by Crippen LogP contribution is 2.20. The van der Waals surface area contributed by atoms with E-state index in [0.717, 1.165) is 38.2 Å². The van der Waals surface area contributed by atoms with Crippen LogP contribution in [0.5, 0.6) is 0 Å². The molecule has 1 aliphatic heterocycles. The van der Waals surface area contributed by atoms with E-state index in [0.29, 0.717) is 13.0 Å². The van der Waals surface area contributed by atoms with E-state index in [1.54, 1.807) is 12.4 Å². The maximum absolute atomic E-state index is 12.3. The molecule has 1 fully saturated rings. The van der Waals surface area contributed by atoms with Crippen LogP contribution in [0.3, 0.4) is 0 Å². The Morgan fingerprint density at radius 1 is 1.22 bits per heavy atom. The Balaban J connectivity index is 1.72. The second-order valence-corrected chi connectivity index (χ2v) is 7.42. The molecule has 0 radical (unpaired) electrons. The minimum Gasteiger partial charge on any atom is -0.391 e. The molecule has 0 aromatic carbocycles. The number of piperazine rings is 1. The van der Waals surface area contributed by atoms with Crippen molar-refractivity contribution in [1.82, 2.24) is 14.8 Å². The number of carbonyl (C=O) groups excluding carboxylic acids is 1. The van der Waals surface area contributed by atoms with E-state index in [9.17, 15) is 9.90 Å². The van der Waals surface area contributed by atoms with E-state index in [-0.39, 0.29) is 17.4 Å². The van der Waals surface area contributed by atoms with Gasteiger partial charge in [-0.05, 0) is 29.5 Å². The van der Waals surface area contributed by atoms with Crippen LogP contribution in [0, 0.1) is 5.41 Å². The molecule has 1 amide bonds. The van der Waals surface area contributed by atoms with Gasteiger partial charge in [-0.1, -0.05) is 20.8 Å². The number of amides is 1. The Morgan fingerprint density at radius 3 is 2.39 bits per heavy atom. The Bertz CT molecular complexity index is 491. The Hall–Kier alpha value is -1.46. The molecule has 23 heavy (non-hydrogen) atoms. The molecule has 0 saturated carbocycles. The molecule has 1 aromatic heterocycles. The van der Waals surface area contributed by atoms with Crippen LogP contribution in [0.2, 0.25) is 0 Å². The largest absolute Gasteiger partial charge is 0.391 e. The summed E-state index contributed by atoms with van der Waals surface area (Å²) in [5.74, 6) is 0.220. The van der Waals surface area contributed by atoms with Crippen LogP contribution >= 0.6 is 0 Å². The van der Waals surface area contributed by atoms with Crippen molar-refractivity contribution in [2.75, 3.05) is 32.7 Å². The Morgan fingerprint density at radius 2 is 1.83 bits per heavy atom. The highest BCUT2D eigenvalue weighted by Gasteiger charge is 2.27. The van der Waals surface area contributed by atoms with Gasteiger partial charge in [-0.2, -0.15) is 0 Å². The average molecular weight is 319 g/mol. The summed E-state index contributed by atoms with van der Waals surface area (Å²) >= 11 is 0. The summed E-state index contributed by atoms with van der Waals surface area (Å²) in [6.45, 7) is 10.0. The second-order valence-electron chi connectivity index (χ2n) is 7.42. The number of carbonyl (C=O) groups is 1. The van der Waals surface area contributed by atoms with Gasteiger partial charge in [0.2, 0.25) is 5.91 Å². The molecule has 2 heterocycles. The van der Waals surface area contributed by atoms with Crippen LogP contribution in [0.1, 0.15) is 32.8 Å². The predicted octanol–water partition coefficient (Wildman–Crippen LogP) is 1.57. The molecule has 0 bridgehead atoms. The van der Waals surface area contributed by atoms with Crippen molar-refractivity contribution in [2.45, 2.75) is 39.7 Å². The maximum atomic E-state index is 12.3. The SMILES string of the molecule is CC(C)(C)[C@H](O)CN1CCN(C(=O)CCc2ccncc2)CC1. The number of nitrogens with zero attached hydrogens (tertiary/aromatic N) is 3. The third kappa shape index (κ3) is 5.59. The van der Waals surface area contributed by atoms with Gasteiger partial charge in [-0.15, -0.1) is 0 Å². The first kappa shape index (κ1) is 17.9. The molecule has 1 aromatic rings. The molecule has 1 N–H and O–H groups in total. The quantitative estimate of drug-likeness (QED) is 0.895. The van der Waals surface area contributed by atoms with Gasteiger partial charge in [0.1, 0.15) is 0 Å². The van der Waals surface area contributed by atoms with Crippen LogP contribution in [0.25, 0.3) is 0 Å².